The quantitative estimate of drug-likeness (QED) is 0.309. The second-order valence-corrected chi connectivity index (χ2v) is 18.5. The number of aliphatic hydroxyl groups excluding tert-OH is 2. The number of aliphatic hydroxyl groups is 2. The summed E-state index contributed by atoms with van der Waals surface area (Å²) in [5.74, 6) is 3.09. The molecule has 0 aliphatic heterocycles. The van der Waals surface area contributed by atoms with E-state index in [1.54, 1.807) is 0 Å². The van der Waals surface area contributed by atoms with E-state index < -0.39 is 8.56 Å². The monoisotopic (exact) mass is 536 g/mol. The molecule has 0 saturated heterocycles. The van der Waals surface area contributed by atoms with Gasteiger partial charge >= 0.3 is 8.56 Å². The molecule has 0 aromatic rings. The van der Waals surface area contributed by atoms with E-state index in [4.69, 9.17) is 8.85 Å². The van der Waals surface area contributed by atoms with Crippen LogP contribution in [0.1, 0.15) is 130 Å². The second-order valence-electron chi connectivity index (χ2n) is 15.2. The highest BCUT2D eigenvalue weighted by Crippen LogP contribution is 2.50. The van der Waals surface area contributed by atoms with Crippen LogP contribution in [0.2, 0.25) is 13.1 Å². The van der Waals surface area contributed by atoms with Crippen molar-refractivity contribution in [3.05, 3.63) is 0 Å². The lowest BCUT2D eigenvalue weighted by atomic mass is 9.60. The molecule has 0 spiro atoms. The Kier molecular flexibility index (Phi) is 9.97. The first-order valence-corrected chi connectivity index (χ1v) is 18.9. The molecule has 0 heterocycles. The third-order valence-electron chi connectivity index (χ3n) is 11.9. The van der Waals surface area contributed by atoms with Gasteiger partial charge in [-0.3, -0.25) is 0 Å². The van der Waals surface area contributed by atoms with Gasteiger partial charge in [0, 0.05) is 12.2 Å². The number of rotatable bonds is 8. The Morgan fingerprint density at radius 1 is 0.459 bits per heavy atom. The van der Waals surface area contributed by atoms with Crippen molar-refractivity contribution < 1.29 is 19.1 Å². The summed E-state index contributed by atoms with van der Waals surface area (Å²) in [5, 5.41) is 19.9. The maximum Gasteiger partial charge on any atom is 0.332 e. The molecule has 0 aromatic heterocycles. The van der Waals surface area contributed by atoms with E-state index >= 15 is 0 Å². The molecule has 5 heteroatoms. The molecule has 4 aliphatic rings. The van der Waals surface area contributed by atoms with Gasteiger partial charge in [-0.1, -0.05) is 27.7 Å². The standard InChI is InChI=1S/C32H60O4Si/c1-31(2,23-7-15-27(33)16-8-23)25-11-19-29(20-12-25)35-37(5,6)36-30-21-13-26(14-22-30)32(3,4)24-9-17-28(34)18-10-24/h23-30,33-34H,7-22H2,1-6H3. The van der Waals surface area contributed by atoms with Gasteiger partial charge in [-0.05, 0) is 150 Å². The first kappa shape index (κ1) is 30.0. The fourth-order valence-electron chi connectivity index (χ4n) is 8.99. The van der Waals surface area contributed by atoms with E-state index in [2.05, 4.69) is 40.8 Å². The average molecular weight is 537 g/mol. The minimum absolute atomic E-state index is 0.0585. The molecule has 0 amide bonds. The first-order valence-electron chi connectivity index (χ1n) is 16.1. The topological polar surface area (TPSA) is 58.9 Å². The fourth-order valence-corrected chi connectivity index (χ4v) is 11.1. The van der Waals surface area contributed by atoms with Crippen molar-refractivity contribution in [1.82, 2.24) is 0 Å². The van der Waals surface area contributed by atoms with E-state index in [-0.39, 0.29) is 12.2 Å². The maximum absolute atomic E-state index is 9.94. The Bertz CT molecular complexity index is 632. The molecule has 0 radical (unpaired) electrons. The zero-order valence-electron chi connectivity index (χ0n) is 25.1. The lowest BCUT2D eigenvalue weighted by Crippen LogP contribution is -2.46. The predicted molar refractivity (Wildman–Crippen MR) is 155 cm³/mol. The van der Waals surface area contributed by atoms with E-state index in [0.29, 0.717) is 23.0 Å². The van der Waals surface area contributed by atoms with Crippen LogP contribution < -0.4 is 0 Å². The zero-order chi connectivity index (χ0) is 26.8. The molecular weight excluding hydrogens is 476 g/mol. The molecule has 4 saturated carbocycles. The minimum Gasteiger partial charge on any atom is -0.393 e. The zero-order valence-corrected chi connectivity index (χ0v) is 26.1. The van der Waals surface area contributed by atoms with Crippen LogP contribution in [0.5, 0.6) is 0 Å². The first-order chi connectivity index (χ1) is 17.4. The van der Waals surface area contributed by atoms with Gasteiger partial charge < -0.3 is 19.1 Å². The molecule has 37 heavy (non-hydrogen) atoms. The van der Waals surface area contributed by atoms with E-state index in [1.807, 2.05) is 0 Å². The van der Waals surface area contributed by atoms with E-state index in [1.165, 1.54) is 77.0 Å². The van der Waals surface area contributed by atoms with Crippen molar-refractivity contribution in [2.75, 3.05) is 0 Å². The molecular formula is C32H60O4Si. The van der Waals surface area contributed by atoms with Gasteiger partial charge in [-0.25, -0.2) is 0 Å². The Morgan fingerprint density at radius 3 is 0.973 bits per heavy atom. The van der Waals surface area contributed by atoms with Crippen molar-refractivity contribution >= 4 is 8.56 Å². The van der Waals surface area contributed by atoms with Crippen LogP contribution in [-0.4, -0.2) is 43.2 Å². The lowest BCUT2D eigenvalue weighted by molar-refractivity contribution is -0.0145. The SMILES string of the molecule is CC(C)(C1CCC(O)CC1)C1CCC(O[Si](C)(C)OC2CCC(C(C)(C)C3CCC(O)CC3)CC2)CC1. The molecule has 2 N–H and O–H groups in total. The summed E-state index contributed by atoms with van der Waals surface area (Å²) in [6.45, 7) is 14.5. The van der Waals surface area contributed by atoms with Crippen LogP contribution in [0.4, 0.5) is 0 Å². The van der Waals surface area contributed by atoms with Gasteiger partial charge in [-0.2, -0.15) is 0 Å². The molecule has 4 fully saturated rings. The maximum atomic E-state index is 9.94. The van der Waals surface area contributed by atoms with E-state index in [0.717, 1.165) is 49.4 Å². The molecule has 0 aromatic carbocycles. The normalized spacial score (nSPS) is 38.9. The van der Waals surface area contributed by atoms with Crippen LogP contribution >= 0.6 is 0 Å². The van der Waals surface area contributed by atoms with Crippen molar-refractivity contribution in [1.29, 1.82) is 0 Å². The van der Waals surface area contributed by atoms with Crippen molar-refractivity contribution in [2.24, 2.45) is 34.5 Å². The molecule has 0 unspecified atom stereocenters. The third kappa shape index (κ3) is 7.63. The molecule has 4 aliphatic carbocycles. The highest BCUT2D eigenvalue weighted by molar-refractivity contribution is 6.64. The summed E-state index contributed by atoms with van der Waals surface area (Å²) in [4.78, 5) is 0. The number of hydrogen-bond acceptors (Lipinski definition) is 4. The van der Waals surface area contributed by atoms with Crippen molar-refractivity contribution in [3.8, 4) is 0 Å². The number of hydrogen-bond donors (Lipinski definition) is 2. The molecule has 216 valence electrons. The summed E-state index contributed by atoms with van der Waals surface area (Å²) in [6.07, 6.45) is 19.2. The Balaban J connectivity index is 1.19. The molecule has 0 bridgehead atoms. The highest BCUT2D eigenvalue weighted by atomic mass is 28.4. The summed E-state index contributed by atoms with van der Waals surface area (Å²) in [6, 6.07) is 0. The van der Waals surface area contributed by atoms with Gasteiger partial charge in [0.2, 0.25) is 0 Å². The summed E-state index contributed by atoms with van der Waals surface area (Å²) in [5.41, 5.74) is 0.747. The van der Waals surface area contributed by atoms with Crippen LogP contribution in [0, 0.1) is 34.5 Å². The predicted octanol–water partition coefficient (Wildman–Crippen LogP) is 7.99. The molecule has 4 nitrogen and oxygen atoms in total. The minimum atomic E-state index is -2.15. The van der Waals surface area contributed by atoms with Gasteiger partial charge in [0.1, 0.15) is 0 Å². The van der Waals surface area contributed by atoms with Crippen LogP contribution in [-0.2, 0) is 8.85 Å². The van der Waals surface area contributed by atoms with Crippen molar-refractivity contribution in [3.63, 3.8) is 0 Å². The Hall–Kier alpha value is 0.0569. The summed E-state index contributed by atoms with van der Waals surface area (Å²) >= 11 is 0. The van der Waals surface area contributed by atoms with Gasteiger partial charge in [-0.15, -0.1) is 0 Å². The lowest BCUT2D eigenvalue weighted by Gasteiger charge is -2.47. The average Bonchev–Trinajstić information content (AvgIpc) is 2.85. The van der Waals surface area contributed by atoms with Crippen LogP contribution in [0.3, 0.4) is 0 Å². The smallest absolute Gasteiger partial charge is 0.332 e. The fraction of sp³-hybridized carbons (Fsp3) is 1.00. The van der Waals surface area contributed by atoms with Crippen LogP contribution in [0.15, 0.2) is 0 Å². The van der Waals surface area contributed by atoms with Gasteiger partial charge in [0.15, 0.2) is 0 Å². The second kappa shape index (κ2) is 12.3. The van der Waals surface area contributed by atoms with Crippen molar-refractivity contribution in [2.45, 2.75) is 168 Å². The Morgan fingerprint density at radius 2 is 0.703 bits per heavy atom. The van der Waals surface area contributed by atoms with Gasteiger partial charge in [0.25, 0.3) is 0 Å². The highest BCUT2D eigenvalue weighted by Gasteiger charge is 2.44. The largest absolute Gasteiger partial charge is 0.393 e. The summed E-state index contributed by atoms with van der Waals surface area (Å²) in [7, 11) is -2.15. The summed E-state index contributed by atoms with van der Waals surface area (Å²) < 4.78 is 13.5. The molecule has 0 atom stereocenters. The molecule has 4 rings (SSSR count). The van der Waals surface area contributed by atoms with Crippen LogP contribution in [0.25, 0.3) is 0 Å². The third-order valence-corrected chi connectivity index (χ3v) is 13.7. The van der Waals surface area contributed by atoms with E-state index in [9.17, 15) is 10.2 Å². The Labute approximate surface area is 229 Å². The van der Waals surface area contributed by atoms with Gasteiger partial charge in [0.05, 0.1) is 12.2 Å².